The van der Waals surface area contributed by atoms with Crippen LogP contribution in [0.5, 0.6) is 11.8 Å². The zero-order chi connectivity index (χ0) is 26.5. The summed E-state index contributed by atoms with van der Waals surface area (Å²) in [7, 11) is 0. The number of fused-ring (bicyclic) bond motifs is 2. The van der Waals surface area contributed by atoms with Gasteiger partial charge in [-0.3, -0.25) is 9.59 Å². The summed E-state index contributed by atoms with van der Waals surface area (Å²) in [5, 5.41) is 13.3. The van der Waals surface area contributed by atoms with Gasteiger partial charge in [0.05, 0.1) is 31.8 Å². The highest BCUT2D eigenvalue weighted by Gasteiger charge is 2.35. The average molecular weight is 536 g/mol. The van der Waals surface area contributed by atoms with Gasteiger partial charge in [-0.05, 0) is 49.2 Å². The molecule has 12 heteroatoms. The van der Waals surface area contributed by atoms with Crippen LogP contribution in [-0.2, 0) is 30.8 Å². The lowest BCUT2D eigenvalue weighted by Crippen LogP contribution is -2.35. The standard InChI is InChI=1S/C27H29N5O7/c33-24-18-3-6-31(12-21(18)39-30-24)27(35)25-29-20-11-32(13-22(20)38-25)26(34)17-9-19(16-1-2-16)28-23(10-17)37-14-15-4-7-36-8-5-15/h9-10,15-16H,1-8,11-14H2,(H,30,33). The molecule has 1 aliphatic carbocycles. The molecule has 0 unspecified atom stereocenters. The molecule has 1 N–H and O–H groups in total. The number of amides is 2. The molecule has 1 saturated carbocycles. The van der Waals surface area contributed by atoms with E-state index in [0.717, 1.165) is 44.6 Å². The molecular formula is C27H29N5O7. The van der Waals surface area contributed by atoms with E-state index >= 15 is 0 Å². The van der Waals surface area contributed by atoms with E-state index in [0.29, 0.717) is 65.6 Å². The first-order valence-electron chi connectivity index (χ1n) is 13.5. The summed E-state index contributed by atoms with van der Waals surface area (Å²) in [4.78, 5) is 38.8. The number of carbonyl (C=O) groups excluding carboxylic acids is 2. The Balaban J connectivity index is 1.02. The predicted octanol–water partition coefficient (Wildman–Crippen LogP) is 2.80. The van der Waals surface area contributed by atoms with Crippen molar-refractivity contribution in [3.63, 3.8) is 0 Å². The number of aromatic nitrogens is 3. The molecule has 2 amide bonds. The number of carbonyl (C=O) groups is 2. The van der Waals surface area contributed by atoms with Gasteiger partial charge in [0, 0.05) is 43.0 Å². The molecule has 3 aromatic rings. The number of nitrogens with zero attached hydrogens (tertiary/aromatic N) is 5. The van der Waals surface area contributed by atoms with Crippen LogP contribution in [0.1, 0.15) is 81.1 Å². The molecule has 0 atom stereocenters. The fraction of sp³-hybridized carbons (Fsp3) is 0.519. The summed E-state index contributed by atoms with van der Waals surface area (Å²) in [6.45, 7) is 3.13. The van der Waals surface area contributed by atoms with Gasteiger partial charge in [-0.15, -0.1) is 0 Å². The van der Waals surface area contributed by atoms with Crippen LogP contribution in [0.25, 0.3) is 0 Å². The van der Waals surface area contributed by atoms with E-state index in [1.165, 1.54) is 0 Å². The van der Waals surface area contributed by atoms with Crippen molar-refractivity contribution in [1.29, 1.82) is 0 Å². The molecule has 204 valence electrons. The number of oxazole rings is 1. The second-order valence-electron chi connectivity index (χ2n) is 10.7. The van der Waals surface area contributed by atoms with E-state index in [9.17, 15) is 14.7 Å². The van der Waals surface area contributed by atoms with E-state index < -0.39 is 0 Å². The number of pyridine rings is 1. The molecule has 3 aromatic heterocycles. The van der Waals surface area contributed by atoms with E-state index in [4.69, 9.17) is 18.4 Å². The quantitative estimate of drug-likeness (QED) is 0.500. The molecule has 0 aromatic carbocycles. The minimum atomic E-state index is -0.363. The Hall–Kier alpha value is -3.93. The number of rotatable bonds is 6. The van der Waals surface area contributed by atoms with Gasteiger partial charge in [0.1, 0.15) is 11.5 Å². The monoisotopic (exact) mass is 535 g/mol. The lowest BCUT2D eigenvalue weighted by Gasteiger charge is -2.24. The van der Waals surface area contributed by atoms with Crippen molar-refractivity contribution in [2.24, 2.45) is 5.92 Å². The summed E-state index contributed by atoms with van der Waals surface area (Å²) in [6, 6.07) is 3.59. The van der Waals surface area contributed by atoms with Crippen LogP contribution in [0.3, 0.4) is 0 Å². The summed E-state index contributed by atoms with van der Waals surface area (Å²) in [5.74, 6) is 1.60. The smallest absolute Gasteiger partial charge is 0.310 e. The van der Waals surface area contributed by atoms with Crippen LogP contribution in [-0.4, -0.2) is 68.2 Å². The first-order valence-corrected chi connectivity index (χ1v) is 13.5. The van der Waals surface area contributed by atoms with E-state index in [1.54, 1.807) is 15.9 Å². The number of ether oxygens (including phenoxy) is 2. The topological polar surface area (TPSA) is 144 Å². The molecule has 3 aliphatic heterocycles. The van der Waals surface area contributed by atoms with E-state index in [1.807, 2.05) is 6.07 Å². The molecule has 4 aliphatic rings. The zero-order valence-electron chi connectivity index (χ0n) is 21.4. The Kier molecular flexibility index (Phi) is 5.98. The molecule has 39 heavy (non-hydrogen) atoms. The van der Waals surface area contributed by atoms with Crippen molar-refractivity contribution in [3.8, 4) is 11.8 Å². The third kappa shape index (κ3) is 4.73. The Morgan fingerprint density at radius 1 is 1.00 bits per heavy atom. The number of aromatic hydroxyl groups is 1. The minimum absolute atomic E-state index is 0.0111. The summed E-state index contributed by atoms with van der Waals surface area (Å²) >= 11 is 0. The highest BCUT2D eigenvalue weighted by atomic mass is 16.5. The maximum Gasteiger partial charge on any atom is 0.310 e. The van der Waals surface area contributed by atoms with Gasteiger partial charge >= 0.3 is 5.91 Å². The van der Waals surface area contributed by atoms with Gasteiger partial charge in [0.15, 0.2) is 5.76 Å². The highest BCUT2D eigenvalue weighted by Crippen LogP contribution is 2.40. The maximum atomic E-state index is 13.5. The average Bonchev–Trinajstić information content (AvgIpc) is 3.49. The second kappa shape index (κ2) is 9.67. The van der Waals surface area contributed by atoms with Gasteiger partial charge < -0.3 is 33.3 Å². The summed E-state index contributed by atoms with van der Waals surface area (Å²) < 4.78 is 22.4. The molecule has 2 fully saturated rings. The number of hydrogen-bond acceptors (Lipinski definition) is 10. The minimum Gasteiger partial charge on any atom is -0.491 e. The van der Waals surface area contributed by atoms with Crippen LogP contribution < -0.4 is 4.74 Å². The van der Waals surface area contributed by atoms with Crippen molar-refractivity contribution < 1.29 is 33.1 Å². The van der Waals surface area contributed by atoms with E-state index in [2.05, 4.69) is 15.1 Å². The van der Waals surface area contributed by atoms with Crippen LogP contribution in [0.2, 0.25) is 0 Å². The molecule has 0 bridgehead atoms. The van der Waals surface area contributed by atoms with Crippen molar-refractivity contribution in [2.45, 2.75) is 57.7 Å². The van der Waals surface area contributed by atoms with Gasteiger partial charge in [-0.2, -0.15) is 0 Å². The van der Waals surface area contributed by atoms with Gasteiger partial charge in [0.25, 0.3) is 17.7 Å². The predicted molar refractivity (Wildman–Crippen MR) is 132 cm³/mol. The molecule has 6 heterocycles. The second-order valence-corrected chi connectivity index (χ2v) is 10.7. The molecule has 12 nitrogen and oxygen atoms in total. The fourth-order valence-electron chi connectivity index (χ4n) is 5.40. The van der Waals surface area contributed by atoms with Gasteiger partial charge in [-0.25, -0.2) is 9.97 Å². The van der Waals surface area contributed by atoms with Gasteiger partial charge in [-0.1, -0.05) is 0 Å². The Morgan fingerprint density at radius 3 is 2.62 bits per heavy atom. The SMILES string of the molecule is O=C(c1cc(OCC2CCOCC2)nc(C2CC2)c1)N1Cc2nc(C(=O)N3CCc4c(O)noc4C3)oc2C1. The van der Waals surface area contributed by atoms with E-state index in [-0.39, 0.29) is 43.2 Å². The highest BCUT2D eigenvalue weighted by molar-refractivity contribution is 5.95. The van der Waals surface area contributed by atoms with Crippen molar-refractivity contribution in [2.75, 3.05) is 26.4 Å². The maximum absolute atomic E-state index is 13.5. The summed E-state index contributed by atoms with van der Waals surface area (Å²) in [5.41, 5.74) is 2.64. The third-order valence-corrected chi connectivity index (χ3v) is 7.90. The fourth-order valence-corrected chi connectivity index (χ4v) is 5.40. The van der Waals surface area contributed by atoms with Crippen molar-refractivity contribution in [1.82, 2.24) is 24.9 Å². The third-order valence-electron chi connectivity index (χ3n) is 7.90. The zero-order valence-corrected chi connectivity index (χ0v) is 21.4. The molecule has 0 spiro atoms. The molecular weight excluding hydrogens is 506 g/mol. The van der Waals surface area contributed by atoms with Crippen LogP contribution >= 0.6 is 0 Å². The Bertz CT molecular complexity index is 1400. The lowest BCUT2D eigenvalue weighted by atomic mass is 10.0. The first kappa shape index (κ1) is 24.1. The largest absolute Gasteiger partial charge is 0.491 e. The normalized spacial score (nSPS) is 19.2. The van der Waals surface area contributed by atoms with Crippen molar-refractivity contribution in [3.05, 3.63) is 52.1 Å². The van der Waals surface area contributed by atoms with Crippen LogP contribution in [0, 0.1) is 5.92 Å². The number of hydrogen-bond donors (Lipinski definition) is 1. The molecule has 1 saturated heterocycles. The van der Waals surface area contributed by atoms with Gasteiger partial charge in [0.2, 0.25) is 5.88 Å². The molecule has 7 rings (SSSR count). The molecule has 0 radical (unpaired) electrons. The Morgan fingerprint density at radius 2 is 1.82 bits per heavy atom. The van der Waals surface area contributed by atoms with Crippen molar-refractivity contribution >= 4 is 11.8 Å². The first-order chi connectivity index (χ1) is 19.0. The lowest BCUT2D eigenvalue weighted by molar-refractivity contribution is 0.0490. The summed E-state index contributed by atoms with van der Waals surface area (Å²) in [6.07, 6.45) is 4.51. The van der Waals surface area contributed by atoms with Crippen LogP contribution in [0.15, 0.2) is 21.1 Å². The Labute approximate surface area is 223 Å². The van der Waals surface area contributed by atoms with Crippen LogP contribution in [0.4, 0.5) is 0 Å².